The molecule has 0 spiro atoms. The van der Waals surface area contributed by atoms with Crippen LogP contribution in [0.2, 0.25) is 0 Å². The van der Waals surface area contributed by atoms with Crippen LogP contribution in [0.15, 0.2) is 35.5 Å². The van der Waals surface area contributed by atoms with Crippen LogP contribution in [0.25, 0.3) is 0 Å². The Morgan fingerprint density at radius 1 is 1.35 bits per heavy atom. The van der Waals surface area contributed by atoms with Gasteiger partial charge in [0.2, 0.25) is 10.0 Å². The van der Waals surface area contributed by atoms with Crippen LogP contribution in [0.5, 0.6) is 5.75 Å². The van der Waals surface area contributed by atoms with E-state index in [1.165, 1.54) is 6.33 Å². The molecule has 26 heavy (non-hydrogen) atoms. The van der Waals surface area contributed by atoms with Crippen molar-refractivity contribution in [3.05, 3.63) is 36.4 Å². The molecule has 1 atom stereocenters. The van der Waals surface area contributed by atoms with Gasteiger partial charge >= 0.3 is 0 Å². The number of hydrogen-bond acceptors (Lipinski definition) is 6. The lowest BCUT2D eigenvalue weighted by Gasteiger charge is -2.11. The van der Waals surface area contributed by atoms with Crippen molar-refractivity contribution in [1.29, 1.82) is 0 Å². The summed E-state index contributed by atoms with van der Waals surface area (Å²) in [5.74, 6) is 1.83. The molecule has 1 aliphatic rings. The molecule has 1 fully saturated rings. The Morgan fingerprint density at radius 3 is 2.73 bits per heavy atom. The number of benzene rings is 1. The van der Waals surface area contributed by atoms with Crippen LogP contribution in [0.1, 0.15) is 18.7 Å². The van der Waals surface area contributed by atoms with Gasteiger partial charge in [-0.25, -0.2) is 18.1 Å². The maximum atomic E-state index is 12.3. The number of nitrogens with zero attached hydrogens (tertiary/aromatic N) is 3. The maximum absolute atomic E-state index is 12.3. The summed E-state index contributed by atoms with van der Waals surface area (Å²) in [5, 5.41) is 7.25. The quantitative estimate of drug-likeness (QED) is 0.687. The van der Waals surface area contributed by atoms with Gasteiger partial charge in [-0.3, -0.25) is 4.68 Å². The molecule has 1 aliphatic heterocycles. The van der Waals surface area contributed by atoms with Crippen molar-refractivity contribution in [1.82, 2.24) is 24.8 Å². The molecule has 1 aromatic carbocycles. The fraction of sp³-hybridized carbons (Fsp3) is 0.500. The molecule has 0 bridgehead atoms. The average molecular weight is 402 g/mol. The van der Waals surface area contributed by atoms with Crippen molar-refractivity contribution in [3.63, 3.8) is 0 Å². The molecule has 1 aromatic heterocycles. The van der Waals surface area contributed by atoms with E-state index in [0.29, 0.717) is 24.0 Å². The van der Waals surface area contributed by atoms with Crippen molar-refractivity contribution in [2.45, 2.75) is 24.3 Å². The largest absolute Gasteiger partial charge is 0.486 e. The van der Waals surface area contributed by atoms with Crippen molar-refractivity contribution < 1.29 is 13.2 Å². The normalized spacial score (nSPS) is 17.0. The minimum atomic E-state index is -3.49. The van der Waals surface area contributed by atoms with Gasteiger partial charge < -0.3 is 10.1 Å². The number of sulfonamides is 1. The van der Waals surface area contributed by atoms with E-state index >= 15 is 0 Å². The molecule has 1 unspecified atom stereocenters. The summed E-state index contributed by atoms with van der Waals surface area (Å²) in [5.41, 5.74) is 0. The minimum absolute atomic E-state index is 0. The standard InChI is InChI=1S/C16H23N5O3S.ClH/c1-21-16(18-12-19-21)11-24-14-2-4-15(5-3-14)25(22,23)20-9-7-13-6-8-17-10-13;/h2-5,12-13,17,20H,6-11H2,1H3;1H. The zero-order chi connectivity index (χ0) is 17.7. The van der Waals surface area contributed by atoms with Gasteiger partial charge in [0.25, 0.3) is 0 Å². The van der Waals surface area contributed by atoms with E-state index in [1.807, 2.05) is 0 Å². The zero-order valence-electron chi connectivity index (χ0n) is 14.6. The highest BCUT2D eigenvalue weighted by Crippen LogP contribution is 2.17. The lowest BCUT2D eigenvalue weighted by atomic mass is 10.1. The molecule has 144 valence electrons. The van der Waals surface area contributed by atoms with Gasteiger partial charge in [-0.2, -0.15) is 5.10 Å². The number of hydrogen-bond donors (Lipinski definition) is 2. The van der Waals surface area contributed by atoms with Gasteiger partial charge in [-0.05, 0) is 56.1 Å². The summed E-state index contributed by atoms with van der Waals surface area (Å²) >= 11 is 0. The average Bonchev–Trinajstić information content (AvgIpc) is 3.25. The van der Waals surface area contributed by atoms with Crippen LogP contribution in [0, 0.1) is 5.92 Å². The van der Waals surface area contributed by atoms with Crippen molar-refractivity contribution in [2.24, 2.45) is 13.0 Å². The smallest absolute Gasteiger partial charge is 0.240 e. The Bertz CT molecular complexity index is 788. The van der Waals surface area contributed by atoms with E-state index in [2.05, 4.69) is 20.1 Å². The minimum Gasteiger partial charge on any atom is -0.486 e. The second-order valence-electron chi connectivity index (χ2n) is 6.11. The number of ether oxygens (including phenoxy) is 1. The molecule has 0 amide bonds. The predicted molar refractivity (Wildman–Crippen MR) is 99.8 cm³/mol. The molecule has 1 saturated heterocycles. The van der Waals surface area contributed by atoms with Crippen LogP contribution in [-0.2, 0) is 23.7 Å². The zero-order valence-corrected chi connectivity index (χ0v) is 16.2. The van der Waals surface area contributed by atoms with Gasteiger partial charge in [-0.1, -0.05) is 0 Å². The van der Waals surface area contributed by atoms with Crippen LogP contribution < -0.4 is 14.8 Å². The molecule has 8 nitrogen and oxygen atoms in total. The molecule has 0 saturated carbocycles. The molecule has 2 aromatic rings. The number of aromatic nitrogens is 3. The Kier molecular flexibility index (Phi) is 7.39. The Morgan fingerprint density at radius 2 is 2.12 bits per heavy atom. The molecule has 2 N–H and O–H groups in total. The van der Waals surface area contributed by atoms with Gasteiger partial charge in [0.05, 0.1) is 4.90 Å². The van der Waals surface area contributed by atoms with Crippen molar-refractivity contribution >= 4 is 22.4 Å². The summed E-state index contributed by atoms with van der Waals surface area (Å²) in [4.78, 5) is 4.31. The lowest BCUT2D eigenvalue weighted by Crippen LogP contribution is -2.26. The highest BCUT2D eigenvalue weighted by atomic mass is 35.5. The molecule has 3 rings (SSSR count). The lowest BCUT2D eigenvalue weighted by molar-refractivity contribution is 0.289. The SMILES string of the molecule is Cl.Cn1ncnc1COc1ccc(S(=O)(=O)NCCC2CCNC2)cc1. The van der Waals surface area contributed by atoms with E-state index in [-0.39, 0.29) is 23.9 Å². The van der Waals surface area contributed by atoms with E-state index in [0.717, 1.165) is 25.9 Å². The molecular weight excluding hydrogens is 378 g/mol. The first kappa shape index (κ1) is 20.6. The van der Waals surface area contributed by atoms with Gasteiger partial charge in [0.15, 0.2) is 5.82 Å². The molecule has 0 radical (unpaired) electrons. The topological polar surface area (TPSA) is 98.1 Å². The van der Waals surface area contributed by atoms with Crippen LogP contribution in [0.4, 0.5) is 0 Å². The number of rotatable bonds is 8. The summed E-state index contributed by atoms with van der Waals surface area (Å²) < 4.78 is 34.5. The summed E-state index contributed by atoms with van der Waals surface area (Å²) in [7, 11) is -1.70. The third-order valence-electron chi connectivity index (χ3n) is 4.31. The van der Waals surface area contributed by atoms with E-state index in [9.17, 15) is 8.42 Å². The van der Waals surface area contributed by atoms with Gasteiger partial charge in [-0.15, -0.1) is 12.4 Å². The number of nitrogens with one attached hydrogen (secondary N) is 2. The number of aryl methyl sites for hydroxylation is 1. The van der Waals surface area contributed by atoms with Crippen LogP contribution in [0.3, 0.4) is 0 Å². The van der Waals surface area contributed by atoms with E-state index in [1.54, 1.807) is 36.0 Å². The summed E-state index contributed by atoms with van der Waals surface area (Å²) in [6.45, 7) is 2.72. The Balaban J connectivity index is 0.00000243. The maximum Gasteiger partial charge on any atom is 0.240 e. The van der Waals surface area contributed by atoms with Gasteiger partial charge in [0.1, 0.15) is 18.7 Å². The second-order valence-corrected chi connectivity index (χ2v) is 7.87. The molecule has 10 heteroatoms. The fourth-order valence-corrected chi connectivity index (χ4v) is 3.80. The number of halogens is 1. The van der Waals surface area contributed by atoms with E-state index in [4.69, 9.17) is 4.74 Å². The first-order valence-electron chi connectivity index (χ1n) is 8.31. The Hall–Kier alpha value is -1.68. The Labute approximate surface area is 159 Å². The van der Waals surface area contributed by atoms with Crippen molar-refractivity contribution in [2.75, 3.05) is 19.6 Å². The monoisotopic (exact) mass is 401 g/mol. The molecular formula is C16H24ClN5O3S. The first-order chi connectivity index (χ1) is 12.0. The molecule has 0 aliphatic carbocycles. The first-order valence-corrected chi connectivity index (χ1v) is 9.79. The van der Waals surface area contributed by atoms with Crippen LogP contribution >= 0.6 is 12.4 Å². The summed E-state index contributed by atoms with van der Waals surface area (Å²) in [6, 6.07) is 6.38. The van der Waals surface area contributed by atoms with Gasteiger partial charge in [0, 0.05) is 13.6 Å². The molecule has 2 heterocycles. The fourth-order valence-electron chi connectivity index (χ4n) is 2.76. The third kappa shape index (κ3) is 5.41. The third-order valence-corrected chi connectivity index (χ3v) is 5.79. The highest BCUT2D eigenvalue weighted by Gasteiger charge is 2.17. The van der Waals surface area contributed by atoms with E-state index < -0.39 is 10.0 Å². The second kappa shape index (κ2) is 9.31. The predicted octanol–water partition coefficient (Wildman–Crippen LogP) is 1.09. The van der Waals surface area contributed by atoms with Crippen molar-refractivity contribution in [3.8, 4) is 5.75 Å². The highest BCUT2D eigenvalue weighted by molar-refractivity contribution is 7.89. The van der Waals surface area contributed by atoms with Crippen LogP contribution in [-0.4, -0.2) is 42.8 Å². The summed E-state index contributed by atoms with van der Waals surface area (Å²) in [6.07, 6.45) is 3.42.